The van der Waals surface area contributed by atoms with E-state index < -0.39 is 10.0 Å². The van der Waals surface area contributed by atoms with E-state index in [0.29, 0.717) is 31.2 Å². The van der Waals surface area contributed by atoms with Crippen molar-refractivity contribution in [1.82, 2.24) is 19.2 Å². The highest BCUT2D eigenvalue weighted by Gasteiger charge is 2.29. The molecular weight excluding hydrogens is 489 g/mol. The molecule has 0 unspecified atom stereocenters. The van der Waals surface area contributed by atoms with Crippen LogP contribution in [0.15, 0.2) is 34.8 Å². The summed E-state index contributed by atoms with van der Waals surface area (Å²) in [5.41, 5.74) is 2.14. The maximum atomic E-state index is 13.0. The van der Waals surface area contributed by atoms with Gasteiger partial charge in [0.1, 0.15) is 12.1 Å². The highest BCUT2D eigenvalue weighted by Crippen LogP contribution is 2.29. The van der Waals surface area contributed by atoms with Gasteiger partial charge in [-0.2, -0.15) is 4.31 Å². The van der Waals surface area contributed by atoms with Crippen LogP contribution >= 0.6 is 34.5 Å². The maximum absolute atomic E-state index is 13.0. The van der Waals surface area contributed by atoms with Crippen molar-refractivity contribution in [2.75, 3.05) is 38.0 Å². The molecule has 11 heteroatoms. The quantitative estimate of drug-likeness (QED) is 0.500. The number of piperazine rings is 1. The summed E-state index contributed by atoms with van der Waals surface area (Å²) < 4.78 is 28.6. The van der Waals surface area contributed by atoms with Crippen LogP contribution in [0.3, 0.4) is 0 Å². The zero-order valence-corrected chi connectivity index (χ0v) is 21.0. The lowest BCUT2D eigenvalue weighted by Gasteiger charge is -2.36. The lowest BCUT2D eigenvalue weighted by molar-refractivity contribution is 0.181. The minimum atomic E-state index is -3.60. The SMILES string of the molecule is CC[C@@H](CN1CCN(S(=O)(=O)c2ccc(Cl)c(Cl)c2)CC1)Nc1ncnc2c(C)csc12. The van der Waals surface area contributed by atoms with Crippen LogP contribution in [0.5, 0.6) is 0 Å². The molecule has 3 aromatic rings. The number of aromatic nitrogens is 2. The van der Waals surface area contributed by atoms with Gasteiger partial charge >= 0.3 is 0 Å². The number of rotatable bonds is 7. The molecule has 1 aliphatic heterocycles. The zero-order chi connectivity index (χ0) is 22.9. The number of thiophene rings is 1. The van der Waals surface area contributed by atoms with Crippen molar-refractivity contribution in [3.05, 3.63) is 45.5 Å². The smallest absolute Gasteiger partial charge is 0.243 e. The Morgan fingerprint density at radius 2 is 1.91 bits per heavy atom. The van der Waals surface area contributed by atoms with E-state index in [1.807, 2.05) is 0 Å². The summed E-state index contributed by atoms with van der Waals surface area (Å²) in [5.74, 6) is 0.862. The van der Waals surface area contributed by atoms with Crippen LogP contribution in [-0.2, 0) is 10.0 Å². The Kier molecular flexibility index (Phi) is 7.24. The van der Waals surface area contributed by atoms with Crippen molar-refractivity contribution in [1.29, 1.82) is 0 Å². The minimum Gasteiger partial charge on any atom is -0.365 e. The summed E-state index contributed by atoms with van der Waals surface area (Å²) >= 11 is 13.6. The van der Waals surface area contributed by atoms with E-state index in [4.69, 9.17) is 23.2 Å². The number of benzene rings is 1. The first-order valence-electron chi connectivity index (χ1n) is 10.4. The summed E-state index contributed by atoms with van der Waals surface area (Å²) in [6.45, 7) is 7.19. The fourth-order valence-corrected chi connectivity index (χ4v) is 6.56. The van der Waals surface area contributed by atoms with Gasteiger partial charge in [0.15, 0.2) is 0 Å². The number of fused-ring (bicyclic) bond motifs is 1. The molecule has 172 valence electrons. The Labute approximate surface area is 202 Å². The lowest BCUT2D eigenvalue weighted by atomic mass is 10.2. The summed E-state index contributed by atoms with van der Waals surface area (Å²) in [7, 11) is -3.60. The largest absolute Gasteiger partial charge is 0.365 e. The molecule has 0 radical (unpaired) electrons. The van der Waals surface area contributed by atoms with Gasteiger partial charge in [-0.25, -0.2) is 18.4 Å². The van der Waals surface area contributed by atoms with Gasteiger partial charge in [-0.1, -0.05) is 30.1 Å². The predicted molar refractivity (Wildman–Crippen MR) is 132 cm³/mol. The first-order valence-corrected chi connectivity index (χ1v) is 13.5. The standard InChI is InChI=1S/C21H25Cl2N5O2S2/c1-3-15(26-21-20-19(24-13-25-21)14(2)12-31-20)11-27-6-8-28(9-7-27)32(29,30)16-4-5-17(22)18(23)10-16/h4-5,10,12-13,15H,3,6-9,11H2,1-2H3,(H,24,25,26)/t15-/m0/s1. The third-order valence-electron chi connectivity index (χ3n) is 5.70. The Bertz CT molecular complexity index is 1210. The maximum Gasteiger partial charge on any atom is 0.243 e. The third-order valence-corrected chi connectivity index (χ3v) is 9.43. The van der Waals surface area contributed by atoms with Gasteiger partial charge in [-0.3, -0.25) is 4.90 Å². The fourth-order valence-electron chi connectivity index (χ4n) is 3.79. The minimum absolute atomic E-state index is 0.174. The number of hydrogen-bond donors (Lipinski definition) is 1. The topological polar surface area (TPSA) is 78.4 Å². The number of halogens is 2. The summed E-state index contributed by atoms with van der Waals surface area (Å²) in [6.07, 6.45) is 2.53. The Hall–Kier alpha value is -1.49. The van der Waals surface area contributed by atoms with Crippen LogP contribution in [0.1, 0.15) is 18.9 Å². The second-order valence-electron chi connectivity index (χ2n) is 7.85. The number of hydrogen-bond acceptors (Lipinski definition) is 7. The van der Waals surface area contributed by atoms with Crippen molar-refractivity contribution < 1.29 is 8.42 Å². The van der Waals surface area contributed by atoms with E-state index in [2.05, 4.69) is 39.4 Å². The van der Waals surface area contributed by atoms with E-state index >= 15 is 0 Å². The van der Waals surface area contributed by atoms with Crippen LogP contribution in [0, 0.1) is 6.92 Å². The zero-order valence-electron chi connectivity index (χ0n) is 17.9. The Balaban J connectivity index is 1.38. The molecule has 32 heavy (non-hydrogen) atoms. The van der Waals surface area contributed by atoms with Crippen molar-refractivity contribution >= 4 is 60.6 Å². The summed E-state index contributed by atoms with van der Waals surface area (Å²) in [6, 6.07) is 4.64. The molecule has 1 saturated heterocycles. The molecule has 7 nitrogen and oxygen atoms in total. The van der Waals surface area contributed by atoms with Crippen LogP contribution in [0.25, 0.3) is 10.2 Å². The van der Waals surface area contributed by atoms with Gasteiger partial charge in [0.05, 0.1) is 25.2 Å². The first kappa shape index (κ1) is 23.7. The number of aryl methyl sites for hydroxylation is 1. The molecule has 1 aliphatic rings. The average molecular weight is 515 g/mol. The molecule has 1 N–H and O–H groups in total. The van der Waals surface area contributed by atoms with Gasteiger partial charge < -0.3 is 5.32 Å². The average Bonchev–Trinajstić information content (AvgIpc) is 3.17. The van der Waals surface area contributed by atoms with Crippen LogP contribution in [0.4, 0.5) is 5.82 Å². The molecule has 4 rings (SSSR count). The first-order chi connectivity index (χ1) is 15.3. The second-order valence-corrected chi connectivity index (χ2v) is 11.5. The van der Waals surface area contributed by atoms with Crippen molar-refractivity contribution in [3.63, 3.8) is 0 Å². The van der Waals surface area contributed by atoms with Gasteiger partial charge in [-0.15, -0.1) is 11.3 Å². The molecular formula is C21H25Cl2N5O2S2. The van der Waals surface area contributed by atoms with Crippen molar-refractivity contribution in [2.45, 2.75) is 31.2 Å². The molecule has 2 aromatic heterocycles. The molecule has 3 heterocycles. The molecule has 0 bridgehead atoms. The van der Waals surface area contributed by atoms with Gasteiger partial charge in [-0.05, 0) is 42.5 Å². The molecule has 0 spiro atoms. The molecule has 1 aromatic carbocycles. The van der Waals surface area contributed by atoms with Crippen LogP contribution in [-0.4, -0.2) is 66.4 Å². The van der Waals surface area contributed by atoms with Crippen molar-refractivity contribution in [3.8, 4) is 0 Å². The van der Waals surface area contributed by atoms with Gasteiger partial charge in [0, 0.05) is 38.8 Å². The van der Waals surface area contributed by atoms with E-state index in [0.717, 1.165) is 34.6 Å². The predicted octanol–water partition coefficient (Wildman–Crippen LogP) is 4.50. The number of sulfonamides is 1. The summed E-state index contributed by atoms with van der Waals surface area (Å²) in [4.78, 5) is 11.3. The van der Waals surface area contributed by atoms with E-state index in [1.54, 1.807) is 17.7 Å². The van der Waals surface area contributed by atoms with Crippen molar-refractivity contribution in [2.24, 2.45) is 0 Å². The third kappa shape index (κ3) is 4.88. The molecule has 0 saturated carbocycles. The fraction of sp³-hybridized carbons (Fsp3) is 0.429. The van der Waals surface area contributed by atoms with Crippen LogP contribution in [0.2, 0.25) is 10.0 Å². The van der Waals surface area contributed by atoms with Gasteiger partial charge in [0.25, 0.3) is 0 Å². The van der Waals surface area contributed by atoms with Crippen LogP contribution < -0.4 is 5.32 Å². The monoisotopic (exact) mass is 513 g/mol. The normalized spacial score (nSPS) is 17.0. The molecule has 0 amide bonds. The molecule has 0 aliphatic carbocycles. The summed E-state index contributed by atoms with van der Waals surface area (Å²) in [5, 5.41) is 6.24. The highest BCUT2D eigenvalue weighted by molar-refractivity contribution is 7.89. The second kappa shape index (κ2) is 9.79. The van der Waals surface area contributed by atoms with E-state index in [9.17, 15) is 8.42 Å². The number of nitrogens with one attached hydrogen (secondary N) is 1. The lowest BCUT2D eigenvalue weighted by Crippen LogP contribution is -2.51. The molecule has 1 fully saturated rings. The van der Waals surface area contributed by atoms with E-state index in [1.165, 1.54) is 22.5 Å². The Morgan fingerprint density at radius 1 is 1.16 bits per heavy atom. The number of anilines is 1. The highest BCUT2D eigenvalue weighted by atomic mass is 35.5. The molecule has 1 atom stereocenters. The van der Waals surface area contributed by atoms with Gasteiger partial charge in [0.2, 0.25) is 10.0 Å². The number of nitrogens with zero attached hydrogens (tertiary/aromatic N) is 4. The van der Waals surface area contributed by atoms with E-state index in [-0.39, 0.29) is 16.0 Å². The Morgan fingerprint density at radius 3 is 2.59 bits per heavy atom.